The first-order valence-corrected chi connectivity index (χ1v) is 8.45. The van der Waals surface area contributed by atoms with Crippen molar-refractivity contribution in [3.63, 3.8) is 0 Å². The molecule has 1 aromatic carbocycles. The second-order valence-electron chi connectivity index (χ2n) is 5.79. The van der Waals surface area contributed by atoms with Gasteiger partial charge in [0.25, 0.3) is 0 Å². The van der Waals surface area contributed by atoms with Crippen LogP contribution in [-0.4, -0.2) is 42.4 Å². The third-order valence-electron chi connectivity index (χ3n) is 3.97. The Labute approximate surface area is 142 Å². The molecule has 0 atom stereocenters. The van der Waals surface area contributed by atoms with Gasteiger partial charge < -0.3 is 15.0 Å². The predicted octanol–water partition coefficient (Wildman–Crippen LogP) is 2.59. The predicted molar refractivity (Wildman–Crippen MR) is 90.7 cm³/mol. The van der Waals surface area contributed by atoms with Gasteiger partial charge in [-0.05, 0) is 31.9 Å². The van der Waals surface area contributed by atoms with Crippen LogP contribution in [0.15, 0.2) is 24.3 Å². The number of benzene rings is 1. The summed E-state index contributed by atoms with van der Waals surface area (Å²) in [6.45, 7) is 3.41. The quantitative estimate of drug-likeness (QED) is 0.664. The second kappa shape index (κ2) is 9.05. The normalized spacial score (nSPS) is 14.6. The number of hydrogen-bond donors (Lipinski definition) is 1. The van der Waals surface area contributed by atoms with E-state index < -0.39 is 11.9 Å². The number of likely N-dealkylation sites (tertiary alicyclic amines) is 1. The highest BCUT2D eigenvalue weighted by Crippen LogP contribution is 2.17. The maximum Gasteiger partial charge on any atom is 0.340 e. The summed E-state index contributed by atoms with van der Waals surface area (Å²) in [5.41, 5.74) is 0.652. The van der Waals surface area contributed by atoms with Crippen LogP contribution in [-0.2, 0) is 14.3 Å². The van der Waals surface area contributed by atoms with Gasteiger partial charge in [-0.2, -0.15) is 0 Å². The first-order chi connectivity index (χ1) is 11.6. The van der Waals surface area contributed by atoms with E-state index in [0.717, 1.165) is 25.7 Å². The molecule has 0 unspecified atom stereocenters. The SMILES string of the molecule is CCOC(=O)c1ccccc1NC(=O)CC(=O)N1CCCCCC1. The number of hydrogen-bond acceptors (Lipinski definition) is 4. The highest BCUT2D eigenvalue weighted by molar-refractivity contribution is 6.06. The van der Waals surface area contributed by atoms with Crippen molar-refractivity contribution in [1.82, 2.24) is 4.90 Å². The van der Waals surface area contributed by atoms with Gasteiger partial charge in [0, 0.05) is 13.1 Å². The number of nitrogens with one attached hydrogen (secondary N) is 1. The number of ether oxygens (including phenoxy) is 1. The number of esters is 1. The molecule has 6 nitrogen and oxygen atoms in total. The molecule has 0 aliphatic carbocycles. The van der Waals surface area contributed by atoms with E-state index in [1.165, 1.54) is 0 Å². The molecule has 0 aromatic heterocycles. The smallest absolute Gasteiger partial charge is 0.340 e. The van der Waals surface area contributed by atoms with Crippen molar-refractivity contribution < 1.29 is 19.1 Å². The summed E-state index contributed by atoms with van der Waals surface area (Å²) in [6, 6.07) is 6.63. The molecule has 0 bridgehead atoms. The molecule has 1 aliphatic heterocycles. The van der Waals surface area contributed by atoms with Crippen LogP contribution in [0.2, 0.25) is 0 Å². The van der Waals surface area contributed by atoms with E-state index in [-0.39, 0.29) is 24.5 Å². The zero-order chi connectivity index (χ0) is 17.4. The lowest BCUT2D eigenvalue weighted by Crippen LogP contribution is -2.34. The molecular weight excluding hydrogens is 308 g/mol. The summed E-state index contributed by atoms with van der Waals surface area (Å²) in [6.07, 6.45) is 4.01. The largest absolute Gasteiger partial charge is 0.462 e. The molecule has 1 aromatic rings. The van der Waals surface area contributed by atoms with E-state index in [9.17, 15) is 14.4 Å². The van der Waals surface area contributed by atoms with Crippen molar-refractivity contribution >= 4 is 23.5 Å². The first kappa shape index (κ1) is 18.0. The fourth-order valence-electron chi connectivity index (χ4n) is 2.74. The van der Waals surface area contributed by atoms with E-state index in [2.05, 4.69) is 5.32 Å². The number of para-hydroxylation sites is 1. The molecule has 6 heteroatoms. The summed E-state index contributed by atoms with van der Waals surface area (Å²) in [7, 11) is 0. The summed E-state index contributed by atoms with van der Waals surface area (Å²) in [4.78, 5) is 38.1. The minimum atomic E-state index is -0.493. The van der Waals surface area contributed by atoms with Crippen LogP contribution >= 0.6 is 0 Å². The van der Waals surface area contributed by atoms with Gasteiger partial charge in [0.1, 0.15) is 6.42 Å². The lowest BCUT2D eigenvalue weighted by molar-refractivity contribution is -0.134. The summed E-state index contributed by atoms with van der Waals surface area (Å²) in [5.74, 6) is -1.07. The Bertz CT molecular complexity index is 592. The Kier molecular flexibility index (Phi) is 6.78. The Morgan fingerprint density at radius 1 is 1.08 bits per heavy atom. The van der Waals surface area contributed by atoms with Gasteiger partial charge in [-0.3, -0.25) is 9.59 Å². The second-order valence-corrected chi connectivity index (χ2v) is 5.79. The minimum Gasteiger partial charge on any atom is -0.462 e. The topological polar surface area (TPSA) is 75.7 Å². The molecular formula is C18H24N2O4. The van der Waals surface area contributed by atoms with E-state index in [1.807, 2.05) is 0 Å². The van der Waals surface area contributed by atoms with Crippen molar-refractivity contribution in [2.45, 2.75) is 39.0 Å². The zero-order valence-corrected chi connectivity index (χ0v) is 14.0. The summed E-state index contributed by atoms with van der Waals surface area (Å²) < 4.78 is 4.97. The van der Waals surface area contributed by atoms with Crippen molar-refractivity contribution in [3.8, 4) is 0 Å². The Hall–Kier alpha value is -2.37. The monoisotopic (exact) mass is 332 g/mol. The fraction of sp³-hybridized carbons (Fsp3) is 0.500. The lowest BCUT2D eigenvalue weighted by Gasteiger charge is -2.20. The van der Waals surface area contributed by atoms with Gasteiger partial charge in [0.2, 0.25) is 11.8 Å². The molecule has 130 valence electrons. The summed E-state index contributed by atoms with van der Waals surface area (Å²) >= 11 is 0. The molecule has 0 spiro atoms. The molecule has 1 heterocycles. The third-order valence-corrected chi connectivity index (χ3v) is 3.97. The zero-order valence-electron chi connectivity index (χ0n) is 14.0. The van der Waals surface area contributed by atoms with E-state index >= 15 is 0 Å². The number of rotatable bonds is 5. The highest BCUT2D eigenvalue weighted by atomic mass is 16.5. The molecule has 1 fully saturated rings. The van der Waals surface area contributed by atoms with Gasteiger partial charge in [0.05, 0.1) is 17.9 Å². The molecule has 0 saturated carbocycles. The number of carbonyl (C=O) groups excluding carboxylic acids is 3. The van der Waals surface area contributed by atoms with E-state index in [4.69, 9.17) is 4.74 Å². The molecule has 1 saturated heterocycles. The van der Waals surface area contributed by atoms with E-state index in [1.54, 1.807) is 36.1 Å². The summed E-state index contributed by atoms with van der Waals surface area (Å²) in [5, 5.41) is 2.65. The van der Waals surface area contributed by atoms with E-state index in [0.29, 0.717) is 18.8 Å². The molecule has 1 N–H and O–H groups in total. The average Bonchev–Trinajstić information content (AvgIpc) is 2.84. The minimum absolute atomic E-state index is 0.164. The Morgan fingerprint density at radius 2 is 1.75 bits per heavy atom. The van der Waals surface area contributed by atoms with Crippen LogP contribution in [0.25, 0.3) is 0 Å². The lowest BCUT2D eigenvalue weighted by atomic mass is 10.1. The van der Waals surface area contributed by atoms with Crippen LogP contribution in [0.5, 0.6) is 0 Å². The van der Waals surface area contributed by atoms with Crippen LogP contribution in [0, 0.1) is 0 Å². The number of anilines is 1. The molecule has 2 rings (SSSR count). The van der Waals surface area contributed by atoms with Crippen molar-refractivity contribution in [3.05, 3.63) is 29.8 Å². The van der Waals surface area contributed by atoms with Crippen molar-refractivity contribution in [1.29, 1.82) is 0 Å². The molecule has 24 heavy (non-hydrogen) atoms. The first-order valence-electron chi connectivity index (χ1n) is 8.45. The van der Waals surface area contributed by atoms with Crippen molar-refractivity contribution in [2.75, 3.05) is 25.0 Å². The fourth-order valence-corrected chi connectivity index (χ4v) is 2.74. The Balaban J connectivity index is 1.97. The standard InChI is InChI=1S/C18H24N2O4/c1-2-24-18(23)14-9-5-6-10-15(14)19-16(21)13-17(22)20-11-7-3-4-8-12-20/h5-6,9-10H,2-4,7-8,11-13H2,1H3,(H,19,21). The van der Waals surface area contributed by atoms with Gasteiger partial charge in [0.15, 0.2) is 0 Å². The number of nitrogens with zero attached hydrogens (tertiary/aromatic N) is 1. The molecule has 2 amide bonds. The van der Waals surface area contributed by atoms with Gasteiger partial charge in [-0.25, -0.2) is 4.79 Å². The van der Waals surface area contributed by atoms with Gasteiger partial charge in [-0.1, -0.05) is 25.0 Å². The van der Waals surface area contributed by atoms with Crippen LogP contribution in [0.1, 0.15) is 49.4 Å². The third kappa shape index (κ3) is 5.08. The van der Waals surface area contributed by atoms with Crippen LogP contribution in [0.3, 0.4) is 0 Å². The van der Waals surface area contributed by atoms with Crippen LogP contribution in [0.4, 0.5) is 5.69 Å². The maximum atomic E-state index is 12.2. The molecule has 0 radical (unpaired) electrons. The Morgan fingerprint density at radius 3 is 2.42 bits per heavy atom. The number of carbonyl (C=O) groups is 3. The molecule has 1 aliphatic rings. The van der Waals surface area contributed by atoms with Crippen molar-refractivity contribution in [2.24, 2.45) is 0 Å². The highest BCUT2D eigenvalue weighted by Gasteiger charge is 2.20. The van der Waals surface area contributed by atoms with Gasteiger partial charge >= 0.3 is 5.97 Å². The van der Waals surface area contributed by atoms with Gasteiger partial charge in [-0.15, -0.1) is 0 Å². The average molecular weight is 332 g/mol. The van der Waals surface area contributed by atoms with Crippen LogP contribution < -0.4 is 5.32 Å². The number of amides is 2. The maximum absolute atomic E-state index is 12.2.